The van der Waals surface area contributed by atoms with Crippen molar-refractivity contribution in [3.63, 3.8) is 0 Å². The molecule has 11 rings (SSSR count). The van der Waals surface area contributed by atoms with Crippen LogP contribution in [-0.4, -0.2) is 19.9 Å². The first-order valence-electron chi connectivity index (χ1n) is 21.9. The van der Waals surface area contributed by atoms with Gasteiger partial charge in [0.2, 0.25) is 0 Å². The molecule has 0 saturated carbocycles. The molecule has 1 unspecified atom stereocenters. The lowest BCUT2D eigenvalue weighted by molar-refractivity contribution is 0.418. The third-order valence-corrected chi connectivity index (χ3v) is 12.5. The topological polar surface area (TPSA) is 60.8 Å². The largest absolute Gasteiger partial charge is 0.457 e. The molecule has 306 valence electrons. The minimum Gasteiger partial charge on any atom is -0.457 e. The Morgan fingerprint density at radius 1 is 0.406 bits per heavy atom. The lowest BCUT2D eigenvalue weighted by Gasteiger charge is -2.35. The van der Waals surface area contributed by atoms with Gasteiger partial charge in [0.1, 0.15) is 11.5 Å². The highest BCUT2D eigenvalue weighted by Gasteiger charge is 2.35. The summed E-state index contributed by atoms with van der Waals surface area (Å²) >= 11 is 0. The van der Waals surface area contributed by atoms with E-state index in [9.17, 15) is 0 Å². The van der Waals surface area contributed by atoms with Crippen molar-refractivity contribution >= 4 is 0 Å². The highest BCUT2D eigenvalue weighted by Crippen LogP contribution is 2.50. The molecule has 0 amide bonds. The van der Waals surface area contributed by atoms with Crippen LogP contribution in [0.4, 0.5) is 0 Å². The average molecular weight is 825 g/mol. The Hall–Kier alpha value is -8.02. The molecule has 2 aliphatic rings. The van der Waals surface area contributed by atoms with Gasteiger partial charge in [-0.1, -0.05) is 178 Å². The van der Waals surface area contributed by atoms with Gasteiger partial charge in [-0.2, -0.15) is 0 Å². The standard InChI is InChI=1S/C59H44N4O/c1-59(2)49-35-45(43-25-15-27-47(33-43)57-60-51(39-17-7-3-8-18-39)37-52(61-57)40-19-9-4-10-20-40)29-31-55(49)64-56-32-30-46(36-50(56)59)44-26-16-28-48(34-44)58-62-53(41-21-11-5-12-22-41)38-54(63-58)42-23-13-6-14-24-42/h3-23,25-38,42H,24H2,1-2H3. The summed E-state index contributed by atoms with van der Waals surface area (Å²) in [5, 5.41) is 0. The molecule has 5 heteroatoms. The molecule has 7 aromatic carbocycles. The van der Waals surface area contributed by atoms with Crippen molar-refractivity contribution in [2.24, 2.45) is 0 Å². The van der Waals surface area contributed by atoms with Gasteiger partial charge >= 0.3 is 0 Å². The van der Waals surface area contributed by atoms with E-state index in [2.05, 4.69) is 184 Å². The maximum atomic E-state index is 6.67. The van der Waals surface area contributed by atoms with Crippen LogP contribution in [0.2, 0.25) is 0 Å². The van der Waals surface area contributed by atoms with E-state index in [0.717, 1.165) is 108 Å². The normalized spacial score (nSPS) is 14.6. The predicted octanol–water partition coefficient (Wildman–Crippen LogP) is 15.0. The summed E-state index contributed by atoms with van der Waals surface area (Å²) in [6.45, 7) is 4.59. The molecule has 1 aliphatic carbocycles. The van der Waals surface area contributed by atoms with Crippen molar-refractivity contribution in [3.8, 4) is 90.3 Å². The summed E-state index contributed by atoms with van der Waals surface area (Å²) in [7, 11) is 0. The van der Waals surface area contributed by atoms with E-state index in [-0.39, 0.29) is 11.3 Å². The second-order valence-electron chi connectivity index (χ2n) is 17.0. The number of hydrogen-bond acceptors (Lipinski definition) is 5. The highest BCUT2D eigenvalue weighted by atomic mass is 16.5. The molecule has 2 aromatic heterocycles. The molecule has 64 heavy (non-hydrogen) atoms. The van der Waals surface area contributed by atoms with Gasteiger partial charge in [-0.25, -0.2) is 19.9 Å². The van der Waals surface area contributed by atoms with Gasteiger partial charge in [0.15, 0.2) is 11.6 Å². The van der Waals surface area contributed by atoms with Crippen LogP contribution in [0, 0.1) is 0 Å². The second-order valence-corrected chi connectivity index (χ2v) is 17.0. The molecule has 0 spiro atoms. The van der Waals surface area contributed by atoms with Crippen molar-refractivity contribution in [2.75, 3.05) is 0 Å². The summed E-state index contributed by atoms with van der Waals surface area (Å²) in [4.78, 5) is 20.5. The van der Waals surface area contributed by atoms with Gasteiger partial charge in [-0.05, 0) is 77.2 Å². The molecule has 9 aromatic rings. The molecule has 0 fully saturated rings. The van der Waals surface area contributed by atoms with Crippen LogP contribution >= 0.6 is 0 Å². The third kappa shape index (κ3) is 7.52. The Kier molecular flexibility index (Phi) is 9.93. The number of fused-ring (bicyclic) bond motifs is 2. The fourth-order valence-electron chi connectivity index (χ4n) is 8.94. The number of nitrogens with zero attached hydrogens (tertiary/aromatic N) is 4. The number of benzene rings is 7. The number of aromatic nitrogens is 4. The van der Waals surface area contributed by atoms with Crippen molar-refractivity contribution in [3.05, 3.63) is 229 Å². The predicted molar refractivity (Wildman–Crippen MR) is 260 cm³/mol. The van der Waals surface area contributed by atoms with Crippen LogP contribution in [0.25, 0.3) is 78.8 Å². The lowest BCUT2D eigenvalue weighted by Crippen LogP contribution is -2.24. The highest BCUT2D eigenvalue weighted by molar-refractivity contribution is 5.78. The van der Waals surface area contributed by atoms with Crippen LogP contribution in [0.3, 0.4) is 0 Å². The zero-order valence-corrected chi connectivity index (χ0v) is 35.7. The van der Waals surface area contributed by atoms with Gasteiger partial charge < -0.3 is 4.74 Å². The van der Waals surface area contributed by atoms with Gasteiger partial charge in [0.05, 0.1) is 22.8 Å². The summed E-state index contributed by atoms with van der Waals surface area (Å²) in [5.74, 6) is 3.35. The van der Waals surface area contributed by atoms with Crippen molar-refractivity contribution < 1.29 is 4.74 Å². The Morgan fingerprint density at radius 2 is 0.844 bits per heavy atom. The minimum atomic E-state index is -0.355. The molecule has 3 heterocycles. The first kappa shape index (κ1) is 38.9. The molecule has 1 atom stereocenters. The fraction of sp³-hybridized carbons (Fsp3) is 0.0847. The Balaban J connectivity index is 0.925. The molecule has 0 bridgehead atoms. The van der Waals surface area contributed by atoms with E-state index in [4.69, 9.17) is 24.7 Å². The first-order valence-corrected chi connectivity index (χ1v) is 21.9. The maximum absolute atomic E-state index is 6.67. The van der Waals surface area contributed by atoms with Gasteiger partial charge in [0.25, 0.3) is 0 Å². The number of hydrogen-bond donors (Lipinski definition) is 0. The zero-order valence-electron chi connectivity index (χ0n) is 35.7. The molecule has 0 saturated heterocycles. The second kappa shape index (κ2) is 16.4. The van der Waals surface area contributed by atoms with E-state index in [1.807, 2.05) is 42.5 Å². The first-order chi connectivity index (χ1) is 31.4. The van der Waals surface area contributed by atoms with Crippen LogP contribution in [0.5, 0.6) is 11.5 Å². The minimum absolute atomic E-state index is 0.201. The smallest absolute Gasteiger partial charge is 0.160 e. The Morgan fingerprint density at radius 3 is 1.33 bits per heavy atom. The SMILES string of the molecule is CC1(C)c2cc(-c3cccc(-c4nc(-c5ccccc5)cc(-c5ccccc5)n4)c3)ccc2Oc2ccc(-c3cccc(-c4nc(-c5ccccc5)cc(C5C=CC=CC5)n4)c3)cc21. The summed E-state index contributed by atoms with van der Waals surface area (Å²) < 4.78 is 6.67. The lowest BCUT2D eigenvalue weighted by atomic mass is 9.74. The molecule has 5 nitrogen and oxygen atoms in total. The Labute approximate surface area is 374 Å². The quantitative estimate of drug-likeness (QED) is 0.153. The van der Waals surface area contributed by atoms with Gasteiger partial charge in [0, 0.05) is 50.3 Å². The van der Waals surface area contributed by atoms with Crippen LogP contribution in [0.1, 0.15) is 43.0 Å². The summed E-state index contributed by atoms with van der Waals surface area (Å²) in [6.07, 6.45) is 9.57. The number of ether oxygens (including phenoxy) is 1. The summed E-state index contributed by atoms with van der Waals surface area (Å²) in [6, 6.07) is 65.4. The van der Waals surface area contributed by atoms with E-state index in [1.165, 1.54) is 0 Å². The third-order valence-electron chi connectivity index (χ3n) is 12.5. The molecule has 0 N–H and O–H groups in total. The van der Waals surface area contributed by atoms with Gasteiger partial charge in [-0.3, -0.25) is 0 Å². The maximum Gasteiger partial charge on any atom is 0.160 e. The van der Waals surface area contributed by atoms with Gasteiger partial charge in [-0.15, -0.1) is 0 Å². The molecule has 1 aliphatic heterocycles. The number of rotatable bonds is 8. The fourth-order valence-corrected chi connectivity index (χ4v) is 8.94. The zero-order chi connectivity index (χ0) is 43.0. The average Bonchev–Trinajstić information content (AvgIpc) is 3.37. The van der Waals surface area contributed by atoms with E-state index >= 15 is 0 Å². The van der Waals surface area contributed by atoms with E-state index in [1.54, 1.807) is 0 Å². The van der Waals surface area contributed by atoms with Crippen molar-refractivity contribution in [2.45, 2.75) is 31.6 Å². The Bertz CT molecular complexity index is 3190. The molecular formula is C59H44N4O. The van der Waals surface area contributed by atoms with E-state index in [0.29, 0.717) is 5.82 Å². The molecular weight excluding hydrogens is 781 g/mol. The number of allylic oxidation sites excluding steroid dienone is 4. The molecule has 0 radical (unpaired) electrons. The van der Waals surface area contributed by atoms with Crippen molar-refractivity contribution in [1.29, 1.82) is 0 Å². The van der Waals surface area contributed by atoms with Crippen LogP contribution in [-0.2, 0) is 5.41 Å². The van der Waals surface area contributed by atoms with Crippen LogP contribution < -0.4 is 4.74 Å². The summed E-state index contributed by atoms with van der Waals surface area (Å²) in [5.41, 5.74) is 15.1. The van der Waals surface area contributed by atoms with Crippen LogP contribution in [0.15, 0.2) is 212 Å². The van der Waals surface area contributed by atoms with E-state index < -0.39 is 0 Å². The van der Waals surface area contributed by atoms with Crippen molar-refractivity contribution in [1.82, 2.24) is 19.9 Å². The monoisotopic (exact) mass is 824 g/mol.